The summed E-state index contributed by atoms with van der Waals surface area (Å²) in [6.07, 6.45) is 0. The molecule has 1 atom stereocenters. The molecule has 6 rings (SSSR count). The Balaban J connectivity index is 1.57. The first-order chi connectivity index (χ1) is 16.6. The third-order valence-corrected chi connectivity index (χ3v) is 6.16. The first-order valence-electron chi connectivity index (χ1n) is 10.8. The third-order valence-electron chi connectivity index (χ3n) is 5.91. The largest absolute Gasteiger partial charge is 0.497 e. The molecule has 3 aromatic carbocycles. The number of fused-ring (bicyclic) bond motifs is 2. The van der Waals surface area contributed by atoms with Gasteiger partial charge >= 0.3 is 0 Å². The van der Waals surface area contributed by atoms with Crippen molar-refractivity contribution < 1.29 is 4.74 Å². The highest BCUT2D eigenvalue weighted by atomic mass is 35.5. The molecule has 0 radical (unpaired) electrons. The minimum absolute atomic E-state index is 0.281. The van der Waals surface area contributed by atoms with Crippen molar-refractivity contribution in [1.82, 2.24) is 14.8 Å². The van der Waals surface area contributed by atoms with Crippen molar-refractivity contribution in [2.45, 2.75) is 13.0 Å². The number of ether oxygens (including phenoxy) is 1. The third kappa shape index (κ3) is 3.22. The molecule has 2 aliphatic heterocycles. The molecule has 0 saturated heterocycles. The number of rotatable bonds is 4. The number of aromatic nitrogens is 2. The minimum atomic E-state index is -0.281. The second-order valence-electron chi connectivity index (χ2n) is 7.97. The zero-order valence-electron chi connectivity index (χ0n) is 18.5. The van der Waals surface area contributed by atoms with Crippen molar-refractivity contribution in [2.24, 2.45) is 15.4 Å². The Labute approximate surface area is 201 Å². The number of para-hydroxylation sites is 1. The number of hydrogen-bond acceptors (Lipinski definition) is 7. The van der Waals surface area contributed by atoms with E-state index in [2.05, 4.69) is 16.5 Å². The molecule has 1 aromatic heterocycles. The summed E-state index contributed by atoms with van der Waals surface area (Å²) in [5, 5.41) is 18.1. The molecule has 0 unspecified atom stereocenters. The van der Waals surface area contributed by atoms with E-state index in [0.717, 1.165) is 39.8 Å². The molecule has 0 saturated carbocycles. The molecule has 0 fully saturated rings. The fraction of sp³-hybridized carbons (Fsp3) is 0.120. The first-order valence-corrected chi connectivity index (χ1v) is 11.2. The van der Waals surface area contributed by atoms with E-state index in [-0.39, 0.29) is 6.04 Å². The van der Waals surface area contributed by atoms with Crippen LogP contribution in [0.25, 0.3) is 5.69 Å². The number of anilines is 1. The molecule has 168 valence electrons. The number of methoxy groups -OCH3 is 1. The van der Waals surface area contributed by atoms with Gasteiger partial charge in [0.2, 0.25) is 0 Å². The normalized spacial score (nSPS) is 16.3. The van der Waals surface area contributed by atoms with Crippen molar-refractivity contribution in [3.05, 3.63) is 101 Å². The second kappa shape index (κ2) is 8.00. The number of aliphatic imine (C=N–C) groups is 1. The summed E-state index contributed by atoms with van der Waals surface area (Å²) >= 11 is 6.13. The van der Waals surface area contributed by atoms with Gasteiger partial charge in [0.15, 0.2) is 5.82 Å². The summed E-state index contributed by atoms with van der Waals surface area (Å²) in [6, 6.07) is 25.1. The van der Waals surface area contributed by atoms with E-state index in [0.29, 0.717) is 11.0 Å². The van der Waals surface area contributed by atoms with Crippen LogP contribution in [0.5, 0.6) is 5.75 Å². The Hall–Kier alpha value is -4.17. The van der Waals surface area contributed by atoms with Gasteiger partial charge in [-0.1, -0.05) is 41.9 Å². The van der Waals surface area contributed by atoms with E-state index in [4.69, 9.17) is 26.4 Å². The fourth-order valence-corrected chi connectivity index (χ4v) is 4.44. The summed E-state index contributed by atoms with van der Waals surface area (Å²) in [4.78, 5) is 5.02. The number of nitrogens with zero attached hydrogens (tertiary/aromatic N) is 7. The van der Waals surface area contributed by atoms with E-state index in [1.165, 1.54) is 0 Å². The Morgan fingerprint density at radius 2 is 1.68 bits per heavy atom. The predicted octanol–water partition coefficient (Wildman–Crippen LogP) is 6.04. The van der Waals surface area contributed by atoms with Crippen LogP contribution >= 0.6 is 11.6 Å². The zero-order chi connectivity index (χ0) is 23.2. The Kier molecular flexibility index (Phi) is 4.81. The first kappa shape index (κ1) is 20.4. The lowest BCUT2D eigenvalue weighted by molar-refractivity contribution is 0.362. The van der Waals surface area contributed by atoms with Gasteiger partial charge in [0, 0.05) is 10.6 Å². The summed E-state index contributed by atoms with van der Waals surface area (Å²) in [7, 11) is 1.66. The monoisotopic (exact) mass is 469 g/mol. The van der Waals surface area contributed by atoms with Crippen LogP contribution in [0.1, 0.15) is 22.9 Å². The van der Waals surface area contributed by atoms with E-state index >= 15 is 0 Å². The summed E-state index contributed by atoms with van der Waals surface area (Å²) < 4.78 is 7.35. The van der Waals surface area contributed by atoms with Crippen molar-refractivity contribution in [3.63, 3.8) is 0 Å². The van der Waals surface area contributed by atoms with Crippen LogP contribution in [-0.4, -0.2) is 27.9 Å². The van der Waals surface area contributed by atoms with Crippen LogP contribution in [0.15, 0.2) is 94.3 Å². The van der Waals surface area contributed by atoms with Gasteiger partial charge in [-0.05, 0) is 71.5 Å². The van der Waals surface area contributed by atoms with Crippen LogP contribution in [0.3, 0.4) is 0 Å². The lowest BCUT2D eigenvalue weighted by Crippen LogP contribution is -2.38. The average Bonchev–Trinajstić information content (AvgIpc) is 3.45. The highest BCUT2D eigenvalue weighted by Gasteiger charge is 2.42. The summed E-state index contributed by atoms with van der Waals surface area (Å²) in [5.74, 6) is 2.09. The van der Waals surface area contributed by atoms with Crippen molar-refractivity contribution in [2.75, 3.05) is 12.1 Å². The second-order valence-corrected chi connectivity index (χ2v) is 8.41. The van der Waals surface area contributed by atoms with Crippen LogP contribution in [0, 0.1) is 6.92 Å². The maximum absolute atomic E-state index is 6.13. The van der Waals surface area contributed by atoms with Crippen molar-refractivity contribution >= 4 is 29.1 Å². The van der Waals surface area contributed by atoms with E-state index in [1.807, 2.05) is 89.4 Å². The zero-order valence-corrected chi connectivity index (χ0v) is 19.3. The van der Waals surface area contributed by atoms with Gasteiger partial charge in [0.05, 0.1) is 24.2 Å². The minimum Gasteiger partial charge on any atom is -0.497 e. The highest BCUT2D eigenvalue weighted by Crippen LogP contribution is 2.45. The topological polar surface area (TPSA) is 70.6 Å². The molecule has 3 heterocycles. The average molecular weight is 470 g/mol. The molecular formula is C25H20ClN7O. The molecule has 8 nitrogen and oxygen atoms in total. The molecule has 2 aliphatic rings. The van der Waals surface area contributed by atoms with Gasteiger partial charge in [0.1, 0.15) is 11.8 Å². The SMILES string of the molecule is COc1cccc([C@H]2c3c(C)nn(-c4ccc(Cl)cc4)c3N=C3N(c4ccccc4)N=NN32)c1. The maximum Gasteiger partial charge on any atom is 0.253 e. The standard InChI is InChI=1S/C25H20ClN7O/c1-16-22-23(17-7-6-10-21(15-17)34-2)33-25(32(29-30-33)19-8-4-3-5-9-19)27-24(22)31(28-16)20-13-11-18(26)12-14-20/h3-15,23H,1-2H3/t23-/m0/s1. The van der Waals surface area contributed by atoms with Crippen LogP contribution < -0.4 is 9.75 Å². The Morgan fingerprint density at radius 3 is 2.44 bits per heavy atom. The number of hydrogen-bond donors (Lipinski definition) is 0. The van der Waals surface area contributed by atoms with E-state index in [1.54, 1.807) is 12.1 Å². The molecule has 9 heteroatoms. The molecule has 0 bridgehead atoms. The highest BCUT2D eigenvalue weighted by molar-refractivity contribution is 6.30. The molecule has 0 amide bonds. The molecule has 4 aromatic rings. The van der Waals surface area contributed by atoms with E-state index < -0.39 is 0 Å². The lowest BCUT2D eigenvalue weighted by Gasteiger charge is -2.31. The van der Waals surface area contributed by atoms with Gasteiger partial charge < -0.3 is 4.74 Å². The quantitative estimate of drug-likeness (QED) is 0.365. The van der Waals surface area contributed by atoms with Crippen LogP contribution in [0.4, 0.5) is 11.5 Å². The van der Waals surface area contributed by atoms with Gasteiger partial charge in [-0.2, -0.15) is 20.1 Å². The summed E-state index contributed by atoms with van der Waals surface area (Å²) in [6.45, 7) is 1.99. The number of guanidine groups is 1. The maximum atomic E-state index is 6.13. The fourth-order valence-electron chi connectivity index (χ4n) is 4.32. The van der Waals surface area contributed by atoms with Crippen molar-refractivity contribution in [3.8, 4) is 11.4 Å². The Morgan fingerprint density at radius 1 is 0.882 bits per heavy atom. The Bertz CT molecular complexity index is 1430. The predicted molar refractivity (Wildman–Crippen MR) is 131 cm³/mol. The van der Waals surface area contributed by atoms with Gasteiger partial charge in [0.25, 0.3) is 5.96 Å². The van der Waals surface area contributed by atoms with Gasteiger partial charge in [-0.25, -0.2) is 4.68 Å². The lowest BCUT2D eigenvalue weighted by atomic mass is 9.96. The summed E-state index contributed by atoms with van der Waals surface area (Å²) in [5.41, 5.74) is 4.55. The van der Waals surface area contributed by atoms with Gasteiger partial charge in [-0.15, -0.1) is 0 Å². The molecule has 0 N–H and O–H groups in total. The molecule has 34 heavy (non-hydrogen) atoms. The molecular weight excluding hydrogens is 450 g/mol. The molecule has 0 aliphatic carbocycles. The van der Waals surface area contributed by atoms with Crippen LogP contribution in [-0.2, 0) is 0 Å². The van der Waals surface area contributed by atoms with Crippen LogP contribution in [0.2, 0.25) is 5.02 Å². The molecule has 0 spiro atoms. The van der Waals surface area contributed by atoms with Gasteiger partial charge in [-0.3, -0.25) is 0 Å². The smallest absolute Gasteiger partial charge is 0.253 e. The number of benzene rings is 3. The number of aryl methyl sites for hydroxylation is 1. The van der Waals surface area contributed by atoms with E-state index in [9.17, 15) is 0 Å². The van der Waals surface area contributed by atoms with Crippen molar-refractivity contribution in [1.29, 1.82) is 0 Å². The number of halogens is 1.